The molecule has 0 aliphatic heterocycles. The summed E-state index contributed by atoms with van der Waals surface area (Å²) in [5.41, 5.74) is 4.06. The molecule has 1 aliphatic carbocycles. The maximum absolute atomic E-state index is 8.89. The summed E-state index contributed by atoms with van der Waals surface area (Å²) in [6, 6.07) is 7.59. The molecule has 1 aromatic carbocycles. The zero-order chi connectivity index (χ0) is 13.9. The Morgan fingerprint density at radius 3 is 3.00 bits per heavy atom. The van der Waals surface area contributed by atoms with Gasteiger partial charge in [0.2, 0.25) is 0 Å². The number of ether oxygens (including phenoxy) is 1. The van der Waals surface area contributed by atoms with Gasteiger partial charge in [0.05, 0.1) is 0 Å². The molecule has 0 saturated carbocycles. The number of nitrogens with zero attached hydrogens (tertiary/aromatic N) is 3. The zero-order valence-corrected chi connectivity index (χ0v) is 10.8. The molecule has 1 heterocycles. The van der Waals surface area contributed by atoms with E-state index in [4.69, 9.17) is 16.6 Å². The van der Waals surface area contributed by atoms with Crippen LogP contribution in [0.2, 0.25) is 0 Å². The van der Waals surface area contributed by atoms with Crippen molar-refractivity contribution < 1.29 is 4.74 Å². The molecular weight excluding hydrogens is 250 g/mol. The molecule has 0 fully saturated rings. The Hall–Kier alpha value is -2.85. The monoisotopic (exact) mass is 261 g/mol. The molecule has 4 nitrogen and oxygen atoms in total. The Morgan fingerprint density at radius 2 is 2.20 bits per heavy atom. The molecule has 4 heteroatoms. The highest BCUT2D eigenvalue weighted by molar-refractivity contribution is 5.75. The van der Waals surface area contributed by atoms with Crippen molar-refractivity contribution in [1.29, 1.82) is 5.26 Å². The first-order valence-corrected chi connectivity index (χ1v) is 6.38. The molecule has 0 atom stereocenters. The first kappa shape index (κ1) is 12.2. The van der Waals surface area contributed by atoms with Crippen LogP contribution in [0.5, 0.6) is 5.75 Å². The number of aryl methyl sites for hydroxylation is 1. The average Bonchev–Trinajstić information content (AvgIpc) is 2.97. The molecule has 3 rings (SSSR count). The highest BCUT2D eigenvalue weighted by Gasteiger charge is 2.20. The van der Waals surface area contributed by atoms with E-state index < -0.39 is 0 Å². The van der Waals surface area contributed by atoms with Gasteiger partial charge in [0.15, 0.2) is 5.75 Å². The van der Waals surface area contributed by atoms with Crippen molar-refractivity contribution in [3.8, 4) is 23.1 Å². The predicted molar refractivity (Wildman–Crippen MR) is 74.2 cm³/mol. The smallest absolute Gasteiger partial charge is 0.292 e. The minimum Gasteiger partial charge on any atom is -0.387 e. The molecule has 0 bridgehead atoms. The van der Waals surface area contributed by atoms with E-state index in [1.54, 1.807) is 18.5 Å². The molecule has 1 aliphatic rings. The summed E-state index contributed by atoms with van der Waals surface area (Å²) in [5.74, 6) is 0.968. The fraction of sp³-hybridized carbons (Fsp3) is 0.188. The van der Waals surface area contributed by atoms with Gasteiger partial charge in [-0.05, 0) is 48.1 Å². The first-order valence-electron chi connectivity index (χ1n) is 6.38. The lowest BCUT2D eigenvalue weighted by Gasteiger charge is -2.11. The fourth-order valence-electron chi connectivity index (χ4n) is 2.67. The second-order valence-electron chi connectivity index (χ2n) is 4.64. The van der Waals surface area contributed by atoms with Crippen molar-refractivity contribution >= 4 is 5.82 Å². The highest BCUT2D eigenvalue weighted by atomic mass is 16.5. The van der Waals surface area contributed by atoms with Gasteiger partial charge in [-0.3, -0.25) is 0 Å². The van der Waals surface area contributed by atoms with Crippen molar-refractivity contribution in [3.63, 3.8) is 0 Å². The summed E-state index contributed by atoms with van der Waals surface area (Å²) < 4.78 is 5.22. The standard InChI is InChI=1S/C16H11N3O/c1-18-15-9-12(7-8-19-15)14-6-5-11-3-2-4-13(11)16(14)20-10-17/h5-9H,2-4H2. The van der Waals surface area contributed by atoms with Crippen LogP contribution in [0.3, 0.4) is 0 Å². The van der Waals surface area contributed by atoms with Crippen LogP contribution in [-0.4, -0.2) is 4.98 Å². The van der Waals surface area contributed by atoms with Crippen molar-refractivity contribution in [1.82, 2.24) is 4.98 Å². The second-order valence-corrected chi connectivity index (χ2v) is 4.64. The number of aromatic nitrogens is 1. The van der Waals surface area contributed by atoms with Crippen LogP contribution in [0, 0.1) is 18.1 Å². The van der Waals surface area contributed by atoms with E-state index in [0.29, 0.717) is 11.6 Å². The molecule has 0 saturated heterocycles. The van der Waals surface area contributed by atoms with E-state index in [-0.39, 0.29) is 0 Å². The van der Waals surface area contributed by atoms with Gasteiger partial charge >= 0.3 is 0 Å². The van der Waals surface area contributed by atoms with Gasteiger partial charge in [0, 0.05) is 5.56 Å². The Kier molecular flexibility index (Phi) is 3.07. The predicted octanol–water partition coefficient (Wildman–Crippen LogP) is 3.65. The maximum Gasteiger partial charge on any atom is 0.292 e. The lowest BCUT2D eigenvalue weighted by atomic mass is 9.99. The van der Waals surface area contributed by atoms with E-state index in [0.717, 1.165) is 36.0 Å². The third-order valence-electron chi connectivity index (χ3n) is 3.55. The summed E-state index contributed by atoms with van der Waals surface area (Å²) in [5, 5.41) is 8.89. The SMILES string of the molecule is [C-]#[N+]c1cc(-c2ccc3c(c2OC#N)CCC3)ccn1. The van der Waals surface area contributed by atoms with Crippen LogP contribution >= 0.6 is 0 Å². The van der Waals surface area contributed by atoms with Crippen LogP contribution in [-0.2, 0) is 12.8 Å². The van der Waals surface area contributed by atoms with E-state index in [1.807, 2.05) is 12.1 Å². The second kappa shape index (κ2) is 5.03. The van der Waals surface area contributed by atoms with Gasteiger partial charge in [-0.1, -0.05) is 18.7 Å². The summed E-state index contributed by atoms with van der Waals surface area (Å²) in [6.07, 6.45) is 6.43. The van der Waals surface area contributed by atoms with Gasteiger partial charge < -0.3 is 9.58 Å². The summed E-state index contributed by atoms with van der Waals surface area (Å²) in [4.78, 5) is 7.31. The quantitative estimate of drug-likeness (QED) is 0.612. The molecule has 0 radical (unpaired) electrons. The molecule has 0 amide bonds. The molecule has 0 spiro atoms. The summed E-state index contributed by atoms with van der Waals surface area (Å²) in [7, 11) is 0. The van der Waals surface area contributed by atoms with Gasteiger partial charge in [-0.15, -0.1) is 10.2 Å². The van der Waals surface area contributed by atoms with Crippen LogP contribution in [0.4, 0.5) is 5.82 Å². The molecule has 1 aromatic heterocycles. The first-order chi connectivity index (χ1) is 9.83. The largest absolute Gasteiger partial charge is 0.387 e. The lowest BCUT2D eigenvalue weighted by molar-refractivity contribution is 0.503. The molecule has 2 aromatic rings. The molecule has 0 unspecified atom stereocenters. The molecule has 96 valence electrons. The van der Waals surface area contributed by atoms with Crippen molar-refractivity contribution in [2.75, 3.05) is 0 Å². The lowest BCUT2D eigenvalue weighted by Crippen LogP contribution is -1.94. The van der Waals surface area contributed by atoms with Gasteiger partial charge in [0.25, 0.3) is 12.1 Å². The molecular formula is C16H11N3O. The summed E-state index contributed by atoms with van der Waals surface area (Å²) in [6.45, 7) is 7.04. The van der Waals surface area contributed by atoms with Crippen LogP contribution < -0.4 is 4.74 Å². The molecule has 20 heavy (non-hydrogen) atoms. The van der Waals surface area contributed by atoms with Crippen molar-refractivity contribution in [3.05, 3.63) is 53.0 Å². The number of rotatable bonds is 2. The fourth-order valence-corrected chi connectivity index (χ4v) is 2.67. The van der Waals surface area contributed by atoms with Crippen molar-refractivity contribution in [2.45, 2.75) is 19.3 Å². The number of hydrogen-bond acceptors (Lipinski definition) is 3. The number of hydrogen-bond donors (Lipinski definition) is 0. The Balaban J connectivity index is 2.19. The van der Waals surface area contributed by atoms with E-state index in [9.17, 15) is 0 Å². The van der Waals surface area contributed by atoms with Crippen LogP contribution in [0.1, 0.15) is 17.5 Å². The van der Waals surface area contributed by atoms with E-state index in [1.165, 1.54) is 5.56 Å². The van der Waals surface area contributed by atoms with Gasteiger partial charge in [-0.25, -0.2) is 0 Å². The maximum atomic E-state index is 8.89. The minimum absolute atomic E-state index is 0.339. The number of nitriles is 1. The number of pyridine rings is 1. The van der Waals surface area contributed by atoms with Crippen LogP contribution in [0.25, 0.3) is 16.0 Å². The minimum atomic E-state index is 0.339. The Bertz CT molecular complexity index is 753. The molecule has 0 N–H and O–H groups in total. The van der Waals surface area contributed by atoms with E-state index in [2.05, 4.69) is 15.9 Å². The Morgan fingerprint density at radius 1 is 1.30 bits per heavy atom. The number of fused-ring (bicyclic) bond motifs is 1. The van der Waals surface area contributed by atoms with Gasteiger partial charge in [-0.2, -0.15) is 0 Å². The van der Waals surface area contributed by atoms with Crippen molar-refractivity contribution in [2.24, 2.45) is 0 Å². The van der Waals surface area contributed by atoms with Gasteiger partial charge in [0.1, 0.15) is 6.20 Å². The highest BCUT2D eigenvalue weighted by Crippen LogP contribution is 2.39. The average molecular weight is 261 g/mol. The number of benzene rings is 1. The normalized spacial score (nSPS) is 12.3. The topological polar surface area (TPSA) is 50.3 Å². The third-order valence-corrected chi connectivity index (χ3v) is 3.55. The van der Waals surface area contributed by atoms with E-state index >= 15 is 0 Å². The summed E-state index contributed by atoms with van der Waals surface area (Å²) >= 11 is 0. The Labute approximate surface area is 117 Å². The third kappa shape index (κ3) is 1.98. The zero-order valence-electron chi connectivity index (χ0n) is 10.8. The van der Waals surface area contributed by atoms with Crippen LogP contribution in [0.15, 0.2) is 30.5 Å².